The molecular formula is C15H10Cl2FN3O2. The fourth-order valence-electron chi connectivity index (χ4n) is 1.53. The van der Waals surface area contributed by atoms with Gasteiger partial charge in [0, 0.05) is 5.69 Å². The van der Waals surface area contributed by atoms with Crippen molar-refractivity contribution in [2.24, 2.45) is 5.10 Å². The van der Waals surface area contributed by atoms with Crippen LogP contribution in [0.5, 0.6) is 0 Å². The summed E-state index contributed by atoms with van der Waals surface area (Å²) in [6, 6.07) is 9.76. The molecule has 0 atom stereocenters. The lowest BCUT2D eigenvalue weighted by Crippen LogP contribution is -2.32. The van der Waals surface area contributed by atoms with Gasteiger partial charge in [-0.2, -0.15) is 5.10 Å². The molecule has 0 fully saturated rings. The molecule has 0 aromatic heterocycles. The molecule has 2 amide bonds. The summed E-state index contributed by atoms with van der Waals surface area (Å²) in [6.45, 7) is 0. The summed E-state index contributed by atoms with van der Waals surface area (Å²) < 4.78 is 12.7. The number of benzene rings is 2. The normalized spacial score (nSPS) is 10.6. The second-order valence-corrected chi connectivity index (χ2v) is 5.15. The van der Waals surface area contributed by atoms with Crippen LogP contribution >= 0.6 is 23.2 Å². The number of hydrazone groups is 1. The van der Waals surface area contributed by atoms with Crippen LogP contribution in [-0.2, 0) is 9.59 Å². The SMILES string of the molecule is O=C(N/N=C\c1ccc(Cl)c(Cl)c1)C(=O)Nc1ccc(F)cc1. The van der Waals surface area contributed by atoms with Crippen molar-refractivity contribution in [3.8, 4) is 0 Å². The van der Waals surface area contributed by atoms with Crippen LogP contribution in [0.3, 0.4) is 0 Å². The molecule has 0 heterocycles. The van der Waals surface area contributed by atoms with Gasteiger partial charge in [-0.15, -0.1) is 0 Å². The van der Waals surface area contributed by atoms with E-state index in [1.807, 2.05) is 0 Å². The highest BCUT2D eigenvalue weighted by atomic mass is 35.5. The Labute approximate surface area is 141 Å². The topological polar surface area (TPSA) is 70.6 Å². The van der Waals surface area contributed by atoms with E-state index in [1.165, 1.54) is 18.3 Å². The molecular weight excluding hydrogens is 344 g/mol. The minimum atomic E-state index is -0.967. The van der Waals surface area contributed by atoms with Crippen molar-refractivity contribution >= 4 is 46.9 Å². The Hall–Kier alpha value is -2.44. The summed E-state index contributed by atoms with van der Waals surface area (Å²) in [5, 5.41) is 6.68. The van der Waals surface area contributed by atoms with Crippen LogP contribution in [0.4, 0.5) is 10.1 Å². The van der Waals surface area contributed by atoms with Gasteiger partial charge in [0.2, 0.25) is 0 Å². The molecule has 23 heavy (non-hydrogen) atoms. The van der Waals surface area contributed by atoms with Gasteiger partial charge in [0.25, 0.3) is 0 Å². The molecule has 2 aromatic carbocycles. The molecule has 0 saturated heterocycles. The number of carbonyl (C=O) groups excluding carboxylic acids is 2. The summed E-state index contributed by atoms with van der Waals surface area (Å²) in [7, 11) is 0. The highest BCUT2D eigenvalue weighted by Crippen LogP contribution is 2.21. The largest absolute Gasteiger partial charge is 0.329 e. The summed E-state index contributed by atoms with van der Waals surface area (Å²) in [6.07, 6.45) is 1.31. The minimum Gasteiger partial charge on any atom is -0.318 e. The maximum absolute atomic E-state index is 12.7. The lowest BCUT2D eigenvalue weighted by Gasteiger charge is -2.03. The maximum atomic E-state index is 12.7. The van der Waals surface area contributed by atoms with Crippen molar-refractivity contribution in [1.82, 2.24) is 5.43 Å². The fraction of sp³-hybridized carbons (Fsp3) is 0. The Bertz CT molecular complexity index is 764. The zero-order valence-corrected chi connectivity index (χ0v) is 13.0. The molecule has 0 radical (unpaired) electrons. The highest BCUT2D eigenvalue weighted by molar-refractivity contribution is 6.42. The monoisotopic (exact) mass is 353 g/mol. The Balaban J connectivity index is 1.90. The summed E-state index contributed by atoms with van der Waals surface area (Å²) >= 11 is 11.6. The lowest BCUT2D eigenvalue weighted by atomic mass is 10.2. The number of halogens is 3. The van der Waals surface area contributed by atoms with Crippen LogP contribution in [0, 0.1) is 5.82 Å². The number of nitrogens with zero attached hydrogens (tertiary/aromatic N) is 1. The molecule has 0 saturated carbocycles. The number of hydrogen-bond donors (Lipinski definition) is 2. The van der Waals surface area contributed by atoms with Gasteiger partial charge in [-0.3, -0.25) is 9.59 Å². The van der Waals surface area contributed by atoms with Crippen LogP contribution in [0.1, 0.15) is 5.56 Å². The predicted molar refractivity (Wildman–Crippen MR) is 87.2 cm³/mol. The number of rotatable bonds is 3. The van der Waals surface area contributed by atoms with Crippen molar-refractivity contribution in [2.75, 3.05) is 5.32 Å². The fourth-order valence-corrected chi connectivity index (χ4v) is 1.84. The standard InChI is InChI=1S/C15H10Cl2FN3O2/c16-12-6-1-9(7-13(12)17)8-19-21-15(23)14(22)20-11-4-2-10(18)3-5-11/h1-8H,(H,20,22)(H,21,23)/b19-8-. The molecule has 8 heteroatoms. The molecule has 0 bridgehead atoms. The lowest BCUT2D eigenvalue weighted by molar-refractivity contribution is -0.136. The predicted octanol–water partition coefficient (Wildman–Crippen LogP) is 3.22. The van der Waals surface area contributed by atoms with Gasteiger partial charge in [0.1, 0.15) is 5.82 Å². The molecule has 2 aromatic rings. The first-order valence-corrected chi connectivity index (χ1v) is 7.06. The molecule has 2 N–H and O–H groups in total. The van der Waals surface area contributed by atoms with Crippen molar-refractivity contribution in [1.29, 1.82) is 0 Å². The third-order valence-corrected chi connectivity index (χ3v) is 3.37. The summed E-state index contributed by atoms with van der Waals surface area (Å²) in [5.74, 6) is -2.34. The minimum absolute atomic E-state index is 0.292. The van der Waals surface area contributed by atoms with Gasteiger partial charge < -0.3 is 5.32 Å². The van der Waals surface area contributed by atoms with Crippen LogP contribution in [-0.4, -0.2) is 18.0 Å². The van der Waals surface area contributed by atoms with Crippen molar-refractivity contribution < 1.29 is 14.0 Å². The zero-order chi connectivity index (χ0) is 16.8. The van der Waals surface area contributed by atoms with E-state index in [4.69, 9.17) is 23.2 Å². The van der Waals surface area contributed by atoms with Crippen LogP contribution < -0.4 is 10.7 Å². The zero-order valence-electron chi connectivity index (χ0n) is 11.5. The first-order valence-electron chi connectivity index (χ1n) is 6.31. The molecule has 2 rings (SSSR count). The number of nitrogens with one attached hydrogen (secondary N) is 2. The maximum Gasteiger partial charge on any atom is 0.329 e. The highest BCUT2D eigenvalue weighted by Gasteiger charge is 2.12. The third kappa shape index (κ3) is 5.05. The Morgan fingerprint density at radius 3 is 2.35 bits per heavy atom. The third-order valence-electron chi connectivity index (χ3n) is 2.63. The molecule has 0 aliphatic rings. The van der Waals surface area contributed by atoms with Gasteiger partial charge in [-0.25, -0.2) is 9.82 Å². The Kier molecular flexibility index (Phi) is 5.67. The quantitative estimate of drug-likeness (QED) is 0.505. The Morgan fingerprint density at radius 2 is 1.70 bits per heavy atom. The van der Waals surface area contributed by atoms with E-state index >= 15 is 0 Å². The summed E-state index contributed by atoms with van der Waals surface area (Å²) in [4.78, 5) is 23.2. The van der Waals surface area contributed by atoms with Gasteiger partial charge >= 0.3 is 11.8 Å². The number of hydrogen-bond acceptors (Lipinski definition) is 3. The molecule has 0 aliphatic carbocycles. The van der Waals surface area contributed by atoms with Gasteiger partial charge in [-0.1, -0.05) is 29.3 Å². The van der Waals surface area contributed by atoms with Crippen LogP contribution in [0.15, 0.2) is 47.6 Å². The van der Waals surface area contributed by atoms with E-state index < -0.39 is 17.6 Å². The van der Waals surface area contributed by atoms with Gasteiger partial charge in [-0.05, 0) is 42.0 Å². The van der Waals surface area contributed by atoms with E-state index in [0.29, 0.717) is 21.3 Å². The van der Waals surface area contributed by atoms with E-state index in [9.17, 15) is 14.0 Å². The van der Waals surface area contributed by atoms with E-state index in [2.05, 4.69) is 15.8 Å². The number of carbonyl (C=O) groups is 2. The van der Waals surface area contributed by atoms with Crippen molar-refractivity contribution in [3.05, 3.63) is 63.9 Å². The van der Waals surface area contributed by atoms with Crippen LogP contribution in [0.2, 0.25) is 10.0 Å². The second-order valence-electron chi connectivity index (χ2n) is 4.33. The average Bonchev–Trinajstić information content (AvgIpc) is 2.53. The molecule has 0 aliphatic heterocycles. The molecule has 0 unspecified atom stereocenters. The average molecular weight is 354 g/mol. The van der Waals surface area contributed by atoms with E-state index in [-0.39, 0.29) is 0 Å². The van der Waals surface area contributed by atoms with Crippen LogP contribution in [0.25, 0.3) is 0 Å². The van der Waals surface area contributed by atoms with Crippen molar-refractivity contribution in [3.63, 3.8) is 0 Å². The smallest absolute Gasteiger partial charge is 0.318 e. The molecule has 5 nitrogen and oxygen atoms in total. The first-order chi connectivity index (χ1) is 11.0. The number of anilines is 1. The second kappa shape index (κ2) is 7.71. The van der Waals surface area contributed by atoms with Crippen molar-refractivity contribution in [2.45, 2.75) is 0 Å². The van der Waals surface area contributed by atoms with E-state index in [1.54, 1.807) is 18.2 Å². The van der Waals surface area contributed by atoms with E-state index in [0.717, 1.165) is 12.1 Å². The molecule has 118 valence electrons. The summed E-state index contributed by atoms with van der Waals surface area (Å²) in [5.41, 5.74) is 2.95. The van der Waals surface area contributed by atoms with Gasteiger partial charge in [0.05, 0.1) is 16.3 Å². The Morgan fingerprint density at radius 1 is 1.00 bits per heavy atom. The molecule has 0 spiro atoms. The van der Waals surface area contributed by atoms with Gasteiger partial charge in [0.15, 0.2) is 0 Å². The first kappa shape index (κ1) is 16.9. The number of amides is 2.